The number of nitrogens with zero attached hydrogens (tertiary/aromatic N) is 4. The minimum atomic E-state index is -0.566. The number of nitrogens with two attached hydrogens (primary N) is 1. The maximum absolute atomic E-state index is 12.8. The number of guanidine groups is 1. The first-order valence-corrected chi connectivity index (χ1v) is 10.7. The molecule has 2 aliphatic rings. The largest absolute Gasteiger partial charge is 0.500 e. The third-order valence-electron chi connectivity index (χ3n) is 5.51. The molecular weight excluding hydrogens is 412 g/mol. The van der Waals surface area contributed by atoms with Crippen LogP contribution in [0.2, 0.25) is 0 Å². The molecule has 0 bridgehead atoms. The summed E-state index contributed by atoms with van der Waals surface area (Å²) in [5.74, 6) is -0.0397. The number of β-amino-alcohol motifs (C(OH)–C–C–N with tert-alkyl or cyclic N) is 1. The smallest absolute Gasteiger partial charge is 0.237 e. The van der Waals surface area contributed by atoms with Crippen molar-refractivity contribution in [1.82, 2.24) is 10.2 Å². The molecule has 0 spiro atoms. The average Bonchev–Trinajstić information content (AvgIpc) is 3.17. The van der Waals surface area contributed by atoms with E-state index in [-0.39, 0.29) is 11.9 Å². The fraction of sp³-hybridized carbons (Fsp3) is 0.500. The number of aliphatic hydroxyl groups excluding tert-OH is 1. The molecule has 0 unspecified atom stereocenters. The Kier molecular flexibility index (Phi) is 8.60. The monoisotopic (exact) mass is 444 g/mol. The fourth-order valence-corrected chi connectivity index (χ4v) is 4.03. The zero-order valence-electron chi connectivity index (χ0n) is 18.3. The number of ether oxygens (including phenoxy) is 2. The molecule has 174 valence electrons. The van der Waals surface area contributed by atoms with Crippen molar-refractivity contribution >= 4 is 30.0 Å². The van der Waals surface area contributed by atoms with Gasteiger partial charge in [-0.25, -0.2) is 9.98 Å². The zero-order chi connectivity index (χ0) is 22.9. The first-order valence-electron chi connectivity index (χ1n) is 10.7. The van der Waals surface area contributed by atoms with Gasteiger partial charge in [0.2, 0.25) is 11.9 Å². The Labute approximate surface area is 188 Å². The van der Waals surface area contributed by atoms with Crippen molar-refractivity contribution in [3.8, 4) is 0 Å². The Morgan fingerprint density at radius 1 is 1.41 bits per heavy atom. The molecule has 2 heterocycles. The highest BCUT2D eigenvalue weighted by Crippen LogP contribution is 2.30. The van der Waals surface area contributed by atoms with Crippen molar-refractivity contribution in [3.05, 3.63) is 36.6 Å². The molecular formula is C22H32N6O4. The molecule has 0 aromatic heterocycles. The summed E-state index contributed by atoms with van der Waals surface area (Å²) in [4.78, 5) is 25.0. The van der Waals surface area contributed by atoms with E-state index in [1.807, 2.05) is 23.1 Å². The van der Waals surface area contributed by atoms with Crippen LogP contribution in [0.15, 0.2) is 41.0 Å². The van der Waals surface area contributed by atoms with Crippen LogP contribution in [-0.4, -0.2) is 86.7 Å². The number of hydrogen-bond donors (Lipinski definition) is 3. The Morgan fingerprint density at radius 3 is 2.91 bits per heavy atom. The topological polar surface area (TPSA) is 125 Å². The summed E-state index contributed by atoms with van der Waals surface area (Å²) in [5, 5.41) is 13.2. The predicted octanol–water partition coefficient (Wildman–Crippen LogP) is 0.382. The molecule has 0 saturated carbocycles. The van der Waals surface area contributed by atoms with E-state index < -0.39 is 12.1 Å². The lowest BCUT2D eigenvalue weighted by atomic mass is 10.1. The molecule has 4 N–H and O–H groups in total. The second-order valence-electron chi connectivity index (χ2n) is 7.70. The molecule has 2 aliphatic heterocycles. The van der Waals surface area contributed by atoms with Gasteiger partial charge in [-0.05, 0) is 36.9 Å². The minimum Gasteiger partial charge on any atom is -0.500 e. The van der Waals surface area contributed by atoms with Crippen LogP contribution in [0.4, 0.5) is 11.4 Å². The van der Waals surface area contributed by atoms with Crippen LogP contribution in [0.5, 0.6) is 0 Å². The van der Waals surface area contributed by atoms with Gasteiger partial charge in [0.25, 0.3) is 0 Å². The van der Waals surface area contributed by atoms with Crippen molar-refractivity contribution < 1.29 is 19.4 Å². The van der Waals surface area contributed by atoms with Gasteiger partial charge in [0.15, 0.2) is 0 Å². The molecule has 1 aromatic carbocycles. The van der Waals surface area contributed by atoms with E-state index in [0.29, 0.717) is 51.6 Å². The van der Waals surface area contributed by atoms with E-state index >= 15 is 0 Å². The lowest BCUT2D eigenvalue weighted by Crippen LogP contribution is -2.44. The summed E-state index contributed by atoms with van der Waals surface area (Å²) in [6, 6.07) is 5.40. The quantitative estimate of drug-likeness (QED) is 0.218. The Bertz CT molecular complexity index is 840. The summed E-state index contributed by atoms with van der Waals surface area (Å²) in [6.45, 7) is 11.4. The van der Waals surface area contributed by atoms with Crippen LogP contribution in [-0.2, 0) is 20.8 Å². The maximum Gasteiger partial charge on any atom is 0.237 e. The molecule has 10 heteroatoms. The summed E-state index contributed by atoms with van der Waals surface area (Å²) in [7, 11) is 0. The molecule has 3 rings (SSSR count). The van der Waals surface area contributed by atoms with Crippen molar-refractivity contribution in [3.63, 3.8) is 0 Å². The number of nitrogens with one attached hydrogen (secondary N) is 1. The third-order valence-corrected chi connectivity index (χ3v) is 5.51. The van der Waals surface area contributed by atoms with Crippen molar-refractivity contribution in [2.24, 2.45) is 15.7 Å². The van der Waals surface area contributed by atoms with E-state index in [2.05, 4.69) is 33.5 Å². The number of aliphatic hydroxyl groups is 1. The average molecular weight is 445 g/mol. The van der Waals surface area contributed by atoms with E-state index in [9.17, 15) is 9.90 Å². The van der Waals surface area contributed by atoms with Gasteiger partial charge in [0.05, 0.1) is 43.9 Å². The number of aliphatic imine (C=N–C) groups is 2. The Morgan fingerprint density at radius 2 is 2.19 bits per heavy atom. The van der Waals surface area contributed by atoms with Crippen LogP contribution in [0.25, 0.3) is 0 Å². The predicted molar refractivity (Wildman–Crippen MR) is 124 cm³/mol. The summed E-state index contributed by atoms with van der Waals surface area (Å²) < 4.78 is 10.6. The highest BCUT2D eigenvalue weighted by atomic mass is 16.5. The van der Waals surface area contributed by atoms with Crippen LogP contribution >= 0.6 is 0 Å². The van der Waals surface area contributed by atoms with Gasteiger partial charge in [0, 0.05) is 31.9 Å². The molecule has 2 saturated heterocycles. The molecule has 2 atom stereocenters. The van der Waals surface area contributed by atoms with E-state index in [4.69, 9.17) is 15.2 Å². The lowest BCUT2D eigenvalue weighted by Gasteiger charge is -2.32. The van der Waals surface area contributed by atoms with Gasteiger partial charge in [0.1, 0.15) is 6.61 Å². The number of carbonyl (C=O) groups is 1. The number of likely N-dealkylation sites (tertiary alicyclic amines) is 1. The summed E-state index contributed by atoms with van der Waals surface area (Å²) in [5.41, 5.74) is 8.43. The number of carbonyl (C=O) groups excluding carboxylic acids is 1. The fourth-order valence-electron chi connectivity index (χ4n) is 4.03. The van der Waals surface area contributed by atoms with Crippen LogP contribution in [0, 0.1) is 0 Å². The van der Waals surface area contributed by atoms with Crippen LogP contribution in [0.3, 0.4) is 0 Å². The van der Waals surface area contributed by atoms with Crippen LogP contribution in [0.1, 0.15) is 12.0 Å². The molecule has 1 aromatic rings. The second kappa shape index (κ2) is 11.6. The van der Waals surface area contributed by atoms with Crippen molar-refractivity contribution in [2.45, 2.75) is 25.1 Å². The van der Waals surface area contributed by atoms with Gasteiger partial charge in [-0.3, -0.25) is 9.69 Å². The van der Waals surface area contributed by atoms with Gasteiger partial charge in [-0.15, -0.1) is 0 Å². The molecule has 10 nitrogen and oxygen atoms in total. The maximum atomic E-state index is 12.8. The van der Waals surface area contributed by atoms with Crippen molar-refractivity contribution in [2.75, 3.05) is 50.9 Å². The number of hydrogen-bond acceptors (Lipinski definition) is 7. The second-order valence-corrected chi connectivity index (χ2v) is 7.70. The zero-order valence-corrected chi connectivity index (χ0v) is 18.3. The molecule has 32 heavy (non-hydrogen) atoms. The highest BCUT2D eigenvalue weighted by Gasteiger charge is 2.36. The first kappa shape index (κ1) is 23.7. The van der Waals surface area contributed by atoms with Crippen LogP contribution < -0.4 is 16.0 Å². The highest BCUT2D eigenvalue weighted by molar-refractivity contribution is 5.85. The van der Waals surface area contributed by atoms with E-state index in [1.54, 1.807) is 0 Å². The molecule has 0 aliphatic carbocycles. The SMILES string of the molecule is C=COCCNC(=O)[C@@H]1C[C@@H](O)CN1Cc1cc(N=C(N)N=C)ccc1N1CCOCC1. The van der Waals surface area contributed by atoms with Gasteiger partial charge < -0.3 is 30.5 Å². The Hall–Kier alpha value is -2.95. The molecule has 0 radical (unpaired) electrons. The van der Waals surface area contributed by atoms with Gasteiger partial charge in [-0.2, -0.15) is 0 Å². The van der Waals surface area contributed by atoms with E-state index in [1.165, 1.54) is 6.26 Å². The molecule has 2 fully saturated rings. The molecule has 1 amide bonds. The summed E-state index contributed by atoms with van der Waals surface area (Å²) in [6.07, 6.45) is 1.16. The normalized spacial score (nSPS) is 21.9. The van der Waals surface area contributed by atoms with Crippen molar-refractivity contribution in [1.29, 1.82) is 0 Å². The van der Waals surface area contributed by atoms with E-state index in [0.717, 1.165) is 24.3 Å². The standard InChI is InChI=1S/C22H32N6O4/c1-3-31-9-6-25-21(30)20-13-18(29)15-28(20)14-16-12-17(26-22(23)24-2)4-5-19(16)27-7-10-32-11-8-27/h3-5,12,18,20,29H,1-2,6-11,13-15H2,(H2,23,26)(H,25,30)/t18-,20+/m1/s1. The number of benzene rings is 1. The number of amides is 1. The van der Waals surface area contributed by atoms with Gasteiger partial charge in [-0.1, -0.05) is 6.58 Å². The first-order chi connectivity index (χ1) is 15.5. The number of anilines is 1. The third kappa shape index (κ3) is 6.28. The Balaban J connectivity index is 1.81. The number of rotatable bonds is 9. The van der Waals surface area contributed by atoms with Gasteiger partial charge >= 0.3 is 0 Å². The lowest BCUT2D eigenvalue weighted by molar-refractivity contribution is -0.125. The minimum absolute atomic E-state index is 0.0886. The number of morpholine rings is 1. The summed E-state index contributed by atoms with van der Waals surface area (Å²) >= 11 is 0.